The molecule has 29 heavy (non-hydrogen) atoms. The first-order valence-corrected chi connectivity index (χ1v) is 9.39. The van der Waals surface area contributed by atoms with E-state index in [-0.39, 0.29) is 24.1 Å². The molecule has 0 saturated carbocycles. The number of benzene rings is 2. The van der Waals surface area contributed by atoms with Crippen LogP contribution in [0.3, 0.4) is 0 Å². The maximum absolute atomic E-state index is 13.2. The number of aromatic amines is 1. The van der Waals surface area contributed by atoms with E-state index >= 15 is 0 Å². The van der Waals surface area contributed by atoms with Gasteiger partial charge in [0.15, 0.2) is 0 Å². The van der Waals surface area contributed by atoms with Crippen molar-refractivity contribution in [3.63, 3.8) is 0 Å². The molecule has 2 aromatic carbocycles. The number of carbonyl (C=O) groups is 2. The summed E-state index contributed by atoms with van der Waals surface area (Å²) in [5, 5.41) is 5.86. The van der Waals surface area contributed by atoms with E-state index in [4.69, 9.17) is 5.73 Å². The zero-order valence-electron chi connectivity index (χ0n) is 16.2. The van der Waals surface area contributed by atoms with Crippen molar-refractivity contribution in [2.45, 2.75) is 25.3 Å². The number of hydrogen-bond acceptors (Lipinski definition) is 5. The summed E-state index contributed by atoms with van der Waals surface area (Å²) < 4.78 is 0. The number of fused-ring (bicyclic) bond motifs is 1. The molecule has 4 rings (SSSR count). The Labute approximate surface area is 167 Å². The number of para-hydroxylation sites is 3. The molecule has 0 radical (unpaired) electrons. The van der Waals surface area contributed by atoms with E-state index < -0.39 is 17.4 Å². The van der Waals surface area contributed by atoms with Gasteiger partial charge in [0.2, 0.25) is 5.54 Å². The van der Waals surface area contributed by atoms with Gasteiger partial charge < -0.3 is 16.0 Å². The lowest BCUT2D eigenvalue weighted by atomic mass is 9.91. The van der Waals surface area contributed by atoms with E-state index in [9.17, 15) is 9.59 Å². The second-order valence-electron chi connectivity index (χ2n) is 7.25. The Hall–Kier alpha value is -3.52. The number of aromatic nitrogens is 2. The number of imidazole rings is 1. The molecule has 1 atom stereocenters. The predicted octanol–water partition coefficient (Wildman–Crippen LogP) is 2.01. The van der Waals surface area contributed by atoms with Crippen molar-refractivity contribution >= 4 is 34.2 Å². The van der Waals surface area contributed by atoms with Gasteiger partial charge in [-0.25, -0.2) is 4.98 Å². The Morgan fingerprint density at radius 1 is 1.14 bits per heavy atom. The number of nitrogens with one attached hydrogen (secondary N) is 3. The first-order chi connectivity index (χ1) is 13.9. The van der Waals surface area contributed by atoms with Gasteiger partial charge in [-0.1, -0.05) is 44.2 Å². The van der Waals surface area contributed by atoms with Crippen molar-refractivity contribution in [1.82, 2.24) is 15.3 Å². The maximum Gasteiger partial charge on any atom is 0.272 e. The van der Waals surface area contributed by atoms with Gasteiger partial charge in [0.1, 0.15) is 11.5 Å². The lowest BCUT2D eigenvalue weighted by Gasteiger charge is -2.25. The van der Waals surface area contributed by atoms with Crippen molar-refractivity contribution in [2.75, 3.05) is 12.0 Å². The third kappa shape index (κ3) is 3.07. The minimum atomic E-state index is -1.63. The van der Waals surface area contributed by atoms with Gasteiger partial charge in [-0.15, -0.1) is 0 Å². The zero-order chi connectivity index (χ0) is 20.6. The van der Waals surface area contributed by atoms with Gasteiger partial charge in [-0.05, 0) is 29.7 Å². The molecule has 8 nitrogen and oxygen atoms in total. The fourth-order valence-electron chi connectivity index (χ4n) is 3.62. The van der Waals surface area contributed by atoms with Crippen molar-refractivity contribution in [1.29, 1.82) is 0 Å². The molecule has 2 amide bonds. The molecule has 8 heteroatoms. The molecule has 148 valence electrons. The molecule has 1 unspecified atom stereocenters. The minimum Gasteiger partial charge on any atom is -0.367 e. The Morgan fingerprint density at radius 3 is 2.59 bits per heavy atom. The van der Waals surface area contributed by atoms with Gasteiger partial charge >= 0.3 is 0 Å². The second-order valence-corrected chi connectivity index (χ2v) is 7.25. The molecule has 1 aliphatic rings. The van der Waals surface area contributed by atoms with Gasteiger partial charge in [0, 0.05) is 5.69 Å². The number of anilines is 1. The normalized spacial score (nSPS) is 18.8. The van der Waals surface area contributed by atoms with Crippen LogP contribution in [0.15, 0.2) is 53.5 Å². The molecular formula is C21H22N6O2. The van der Waals surface area contributed by atoms with Crippen LogP contribution in [-0.2, 0) is 15.1 Å². The van der Waals surface area contributed by atoms with Gasteiger partial charge in [0.25, 0.3) is 11.8 Å². The predicted molar refractivity (Wildman–Crippen MR) is 112 cm³/mol. The Balaban J connectivity index is 1.74. The van der Waals surface area contributed by atoms with E-state index in [2.05, 4.69) is 25.6 Å². The van der Waals surface area contributed by atoms with Gasteiger partial charge in [-0.2, -0.15) is 0 Å². The topological polar surface area (TPSA) is 125 Å². The fourth-order valence-corrected chi connectivity index (χ4v) is 3.62. The fraction of sp³-hybridized carbons (Fsp3) is 0.238. The molecule has 1 aromatic heterocycles. The third-order valence-electron chi connectivity index (χ3n) is 5.10. The van der Waals surface area contributed by atoms with E-state index in [0.717, 1.165) is 11.1 Å². The number of carbonyl (C=O) groups excluding carboxylic acids is 2. The summed E-state index contributed by atoms with van der Waals surface area (Å²) in [4.78, 5) is 37.6. The lowest BCUT2D eigenvalue weighted by molar-refractivity contribution is -0.123. The van der Waals surface area contributed by atoms with Crippen molar-refractivity contribution < 1.29 is 9.59 Å². The summed E-state index contributed by atoms with van der Waals surface area (Å²) in [7, 11) is 0. The van der Waals surface area contributed by atoms with Crippen molar-refractivity contribution in [3.05, 3.63) is 59.9 Å². The average molecular weight is 390 g/mol. The summed E-state index contributed by atoms with van der Waals surface area (Å²) in [6.45, 7) is 4.16. The first kappa shape index (κ1) is 18.8. The monoisotopic (exact) mass is 390 g/mol. The van der Waals surface area contributed by atoms with Crippen LogP contribution in [0.2, 0.25) is 0 Å². The highest BCUT2D eigenvalue weighted by molar-refractivity contribution is 6.50. The van der Waals surface area contributed by atoms with Gasteiger partial charge in [0.05, 0.1) is 17.7 Å². The summed E-state index contributed by atoms with van der Waals surface area (Å²) in [5.41, 5.74) is 7.19. The van der Waals surface area contributed by atoms with E-state index in [1.54, 1.807) is 0 Å². The minimum absolute atomic E-state index is 0.0115. The highest BCUT2D eigenvalue weighted by Crippen LogP contribution is 2.29. The van der Waals surface area contributed by atoms with E-state index in [1.807, 2.05) is 62.4 Å². The smallest absolute Gasteiger partial charge is 0.272 e. The highest BCUT2D eigenvalue weighted by atomic mass is 16.2. The molecule has 0 aliphatic carbocycles. The summed E-state index contributed by atoms with van der Waals surface area (Å²) >= 11 is 0. The summed E-state index contributed by atoms with van der Waals surface area (Å²) in [5.74, 6) is -0.788. The molecule has 0 bridgehead atoms. The highest BCUT2D eigenvalue weighted by Gasteiger charge is 2.52. The van der Waals surface area contributed by atoms with Crippen LogP contribution in [-0.4, -0.2) is 34.2 Å². The molecule has 3 aromatic rings. The molecule has 0 fully saturated rings. The van der Waals surface area contributed by atoms with Gasteiger partial charge in [-0.3, -0.25) is 19.9 Å². The average Bonchev–Trinajstić information content (AvgIpc) is 3.33. The molecule has 0 saturated heterocycles. The first-order valence-electron chi connectivity index (χ1n) is 9.39. The lowest BCUT2D eigenvalue weighted by Crippen LogP contribution is -2.58. The molecule has 1 aliphatic heterocycles. The zero-order valence-corrected chi connectivity index (χ0v) is 16.2. The Bertz CT molecular complexity index is 1100. The second kappa shape index (κ2) is 7.14. The largest absolute Gasteiger partial charge is 0.367 e. The van der Waals surface area contributed by atoms with Crippen molar-refractivity contribution in [3.8, 4) is 0 Å². The summed E-state index contributed by atoms with van der Waals surface area (Å²) in [6.07, 6.45) is 0. The number of H-pyrrole nitrogens is 1. The standard InChI is InChI=1S/C21H22N6O2/c1-12(2)13-7-3-4-8-14(13)25-18(28)17-21(19(22)29,24-11-23-17)20-26-15-9-5-6-10-16(15)27-20/h3-10,12,24H,11H2,1-2H3,(H2,22,29)(H,25,28)(H,26,27). The quantitative estimate of drug-likeness (QED) is 0.532. The van der Waals surface area contributed by atoms with Crippen LogP contribution in [0.1, 0.15) is 31.2 Å². The number of nitrogens with two attached hydrogens (primary N) is 1. The SMILES string of the molecule is CC(C)c1ccccc1NC(=O)C1=NCNC1(C(N)=O)c1nc2ccccc2[nH]1. The Morgan fingerprint density at radius 2 is 1.86 bits per heavy atom. The molecule has 2 heterocycles. The van der Waals surface area contributed by atoms with Crippen LogP contribution in [0.25, 0.3) is 11.0 Å². The third-order valence-corrected chi connectivity index (χ3v) is 5.10. The number of hydrogen-bond donors (Lipinski definition) is 4. The molecule has 0 spiro atoms. The Kier molecular flexibility index (Phi) is 4.63. The molecular weight excluding hydrogens is 368 g/mol. The van der Waals surface area contributed by atoms with Crippen LogP contribution >= 0.6 is 0 Å². The van der Waals surface area contributed by atoms with Crippen LogP contribution < -0.4 is 16.4 Å². The number of primary amides is 1. The van der Waals surface area contributed by atoms with Crippen LogP contribution in [0.5, 0.6) is 0 Å². The maximum atomic E-state index is 13.2. The van der Waals surface area contributed by atoms with Crippen molar-refractivity contribution in [2.24, 2.45) is 10.7 Å². The van der Waals surface area contributed by atoms with E-state index in [1.165, 1.54) is 0 Å². The number of aliphatic imine (C=N–C) groups is 1. The number of amides is 2. The van der Waals surface area contributed by atoms with Crippen LogP contribution in [0.4, 0.5) is 5.69 Å². The molecule has 5 N–H and O–H groups in total. The van der Waals surface area contributed by atoms with E-state index in [0.29, 0.717) is 11.2 Å². The number of rotatable bonds is 5. The number of nitrogens with zero attached hydrogens (tertiary/aromatic N) is 2. The van der Waals surface area contributed by atoms with Crippen LogP contribution in [0, 0.1) is 0 Å². The summed E-state index contributed by atoms with van der Waals surface area (Å²) in [6, 6.07) is 14.9.